The standard InChI is InChI=1S/C34H34O6/c1-35-25-13-23(14-26(17-25)36-2)19-39-21-33-29-9-5-7-11-31(29)34(32-12-8-6-10-30(32)33)22-40-20-24-15-27(37-3)18-28(16-24)38-4/h5-18H,19-22H2,1-4H3. The molecular formula is C34H34O6. The summed E-state index contributed by atoms with van der Waals surface area (Å²) in [6.45, 7) is 1.80. The van der Waals surface area contributed by atoms with E-state index in [1.807, 2.05) is 36.4 Å². The van der Waals surface area contributed by atoms with E-state index in [0.717, 1.165) is 66.8 Å². The molecule has 0 aliphatic rings. The quantitative estimate of drug-likeness (QED) is 0.154. The summed E-state index contributed by atoms with van der Waals surface area (Å²) in [7, 11) is 6.60. The monoisotopic (exact) mass is 538 g/mol. The molecule has 0 bridgehead atoms. The molecule has 6 nitrogen and oxygen atoms in total. The van der Waals surface area contributed by atoms with Gasteiger partial charge in [-0.05, 0) is 68.1 Å². The molecule has 0 atom stereocenters. The topological polar surface area (TPSA) is 55.4 Å². The highest BCUT2D eigenvalue weighted by atomic mass is 16.5. The van der Waals surface area contributed by atoms with Crippen LogP contribution in [-0.2, 0) is 35.9 Å². The normalized spacial score (nSPS) is 11.1. The highest BCUT2D eigenvalue weighted by molar-refractivity contribution is 6.05. The van der Waals surface area contributed by atoms with Gasteiger partial charge in [-0.3, -0.25) is 0 Å². The minimum Gasteiger partial charge on any atom is -0.497 e. The first-order valence-corrected chi connectivity index (χ1v) is 13.1. The van der Waals surface area contributed by atoms with Crippen molar-refractivity contribution in [3.63, 3.8) is 0 Å². The molecule has 0 amide bonds. The lowest BCUT2D eigenvalue weighted by atomic mass is 9.92. The predicted molar refractivity (Wildman–Crippen MR) is 158 cm³/mol. The van der Waals surface area contributed by atoms with Crippen molar-refractivity contribution in [2.45, 2.75) is 26.4 Å². The van der Waals surface area contributed by atoms with Crippen LogP contribution in [0.25, 0.3) is 21.5 Å². The van der Waals surface area contributed by atoms with Crippen molar-refractivity contribution < 1.29 is 28.4 Å². The number of hydrogen-bond donors (Lipinski definition) is 0. The molecule has 6 heteroatoms. The summed E-state index contributed by atoms with van der Waals surface area (Å²) in [6.07, 6.45) is 0. The second-order valence-electron chi connectivity index (χ2n) is 9.48. The molecule has 5 rings (SSSR count). The summed E-state index contributed by atoms with van der Waals surface area (Å²) in [5.41, 5.74) is 4.29. The summed E-state index contributed by atoms with van der Waals surface area (Å²) in [4.78, 5) is 0. The van der Waals surface area contributed by atoms with E-state index < -0.39 is 0 Å². The predicted octanol–water partition coefficient (Wildman–Crippen LogP) is 7.46. The fraction of sp³-hybridized carbons (Fsp3) is 0.235. The maximum absolute atomic E-state index is 6.28. The van der Waals surface area contributed by atoms with E-state index in [1.54, 1.807) is 28.4 Å². The Kier molecular flexibility index (Phi) is 8.69. The maximum atomic E-state index is 6.28. The van der Waals surface area contributed by atoms with Crippen molar-refractivity contribution in [3.05, 3.63) is 107 Å². The number of hydrogen-bond acceptors (Lipinski definition) is 6. The zero-order valence-electron chi connectivity index (χ0n) is 23.4. The lowest BCUT2D eigenvalue weighted by Crippen LogP contribution is -2.02. The van der Waals surface area contributed by atoms with Gasteiger partial charge in [-0.15, -0.1) is 0 Å². The highest BCUT2D eigenvalue weighted by Crippen LogP contribution is 2.35. The Labute approximate surface area is 235 Å². The molecule has 0 aromatic heterocycles. The van der Waals surface area contributed by atoms with Crippen LogP contribution in [-0.4, -0.2) is 28.4 Å². The number of benzene rings is 5. The number of methoxy groups -OCH3 is 4. The molecule has 0 aliphatic heterocycles. The van der Waals surface area contributed by atoms with Gasteiger partial charge >= 0.3 is 0 Å². The Bertz CT molecular complexity index is 1390. The Morgan fingerprint density at radius 1 is 0.400 bits per heavy atom. The number of rotatable bonds is 12. The summed E-state index contributed by atoms with van der Waals surface area (Å²) >= 11 is 0. The molecule has 0 heterocycles. The van der Waals surface area contributed by atoms with Gasteiger partial charge < -0.3 is 28.4 Å². The minimum absolute atomic E-state index is 0.436. The highest BCUT2D eigenvalue weighted by Gasteiger charge is 2.15. The van der Waals surface area contributed by atoms with Gasteiger partial charge in [0.25, 0.3) is 0 Å². The molecule has 40 heavy (non-hydrogen) atoms. The molecule has 0 unspecified atom stereocenters. The maximum Gasteiger partial charge on any atom is 0.122 e. The van der Waals surface area contributed by atoms with Crippen molar-refractivity contribution in [2.75, 3.05) is 28.4 Å². The van der Waals surface area contributed by atoms with Gasteiger partial charge in [-0.25, -0.2) is 0 Å². The van der Waals surface area contributed by atoms with Gasteiger partial charge in [0.2, 0.25) is 0 Å². The molecule has 5 aromatic rings. The van der Waals surface area contributed by atoms with Crippen LogP contribution < -0.4 is 18.9 Å². The van der Waals surface area contributed by atoms with Gasteiger partial charge in [-0.2, -0.15) is 0 Å². The van der Waals surface area contributed by atoms with Crippen molar-refractivity contribution in [2.24, 2.45) is 0 Å². The van der Waals surface area contributed by atoms with E-state index in [9.17, 15) is 0 Å². The average molecular weight is 539 g/mol. The third kappa shape index (κ3) is 5.98. The number of fused-ring (bicyclic) bond motifs is 2. The zero-order chi connectivity index (χ0) is 27.9. The fourth-order valence-corrected chi connectivity index (χ4v) is 5.06. The Hall–Kier alpha value is -4.26. The first kappa shape index (κ1) is 27.3. The van der Waals surface area contributed by atoms with E-state index in [0.29, 0.717) is 26.4 Å². The molecule has 0 radical (unpaired) electrons. The third-order valence-corrected chi connectivity index (χ3v) is 7.01. The summed E-state index contributed by atoms with van der Waals surface area (Å²) in [5, 5.41) is 4.63. The van der Waals surface area contributed by atoms with Crippen LogP contribution in [0.2, 0.25) is 0 Å². The summed E-state index contributed by atoms with van der Waals surface area (Å²) < 4.78 is 34.2. The van der Waals surface area contributed by atoms with Crippen LogP contribution in [0, 0.1) is 0 Å². The van der Waals surface area contributed by atoms with Crippen LogP contribution >= 0.6 is 0 Å². The largest absolute Gasteiger partial charge is 0.497 e. The molecule has 0 saturated carbocycles. The molecule has 0 saturated heterocycles. The van der Waals surface area contributed by atoms with Crippen LogP contribution in [0.15, 0.2) is 84.9 Å². The zero-order valence-corrected chi connectivity index (χ0v) is 23.4. The molecule has 0 N–H and O–H groups in total. The molecule has 5 aromatic carbocycles. The van der Waals surface area contributed by atoms with Gasteiger partial charge in [0.15, 0.2) is 0 Å². The molecule has 206 valence electrons. The van der Waals surface area contributed by atoms with Crippen LogP contribution in [0.5, 0.6) is 23.0 Å². The van der Waals surface area contributed by atoms with E-state index in [-0.39, 0.29) is 0 Å². The summed E-state index contributed by atoms with van der Waals surface area (Å²) in [6, 6.07) is 28.5. The van der Waals surface area contributed by atoms with E-state index in [2.05, 4.69) is 48.5 Å². The average Bonchev–Trinajstić information content (AvgIpc) is 3.01. The first-order valence-electron chi connectivity index (χ1n) is 13.1. The van der Waals surface area contributed by atoms with Gasteiger partial charge in [-0.1, -0.05) is 48.5 Å². The van der Waals surface area contributed by atoms with Crippen molar-refractivity contribution >= 4 is 21.5 Å². The molecular weight excluding hydrogens is 504 g/mol. The smallest absolute Gasteiger partial charge is 0.122 e. The molecule has 0 spiro atoms. The lowest BCUT2D eigenvalue weighted by Gasteiger charge is -2.18. The Morgan fingerprint density at radius 3 is 0.975 bits per heavy atom. The molecule has 0 aliphatic carbocycles. The Morgan fingerprint density at radius 2 is 0.700 bits per heavy atom. The Balaban J connectivity index is 1.42. The van der Waals surface area contributed by atoms with Crippen LogP contribution in [0.4, 0.5) is 0 Å². The minimum atomic E-state index is 0.436. The van der Waals surface area contributed by atoms with Crippen LogP contribution in [0.1, 0.15) is 22.3 Å². The van der Waals surface area contributed by atoms with Gasteiger partial charge in [0.1, 0.15) is 23.0 Å². The van der Waals surface area contributed by atoms with Gasteiger partial charge in [0, 0.05) is 12.1 Å². The van der Waals surface area contributed by atoms with Crippen LogP contribution in [0.3, 0.4) is 0 Å². The number of ether oxygens (including phenoxy) is 6. The van der Waals surface area contributed by atoms with E-state index in [4.69, 9.17) is 28.4 Å². The fourth-order valence-electron chi connectivity index (χ4n) is 5.06. The van der Waals surface area contributed by atoms with Crippen molar-refractivity contribution in [1.82, 2.24) is 0 Å². The van der Waals surface area contributed by atoms with E-state index >= 15 is 0 Å². The van der Waals surface area contributed by atoms with Crippen molar-refractivity contribution in [3.8, 4) is 23.0 Å². The van der Waals surface area contributed by atoms with Gasteiger partial charge in [0.05, 0.1) is 54.9 Å². The second kappa shape index (κ2) is 12.7. The second-order valence-corrected chi connectivity index (χ2v) is 9.48. The van der Waals surface area contributed by atoms with E-state index in [1.165, 1.54) is 0 Å². The summed E-state index contributed by atoms with van der Waals surface area (Å²) in [5.74, 6) is 2.97. The SMILES string of the molecule is COc1cc(COCc2c3ccccc3c(COCc3cc(OC)cc(OC)c3)c3ccccc23)cc(OC)c1. The van der Waals surface area contributed by atoms with Crippen molar-refractivity contribution in [1.29, 1.82) is 0 Å². The first-order chi connectivity index (χ1) is 19.6. The lowest BCUT2D eigenvalue weighted by molar-refractivity contribution is 0.107. The third-order valence-electron chi connectivity index (χ3n) is 7.01. The molecule has 0 fully saturated rings.